The predicted octanol–water partition coefficient (Wildman–Crippen LogP) is 2.57. The highest BCUT2D eigenvalue weighted by atomic mass is 16.4. The van der Waals surface area contributed by atoms with Gasteiger partial charge < -0.3 is 14.8 Å². The van der Waals surface area contributed by atoms with Crippen molar-refractivity contribution in [2.45, 2.75) is 46.1 Å². The molecule has 2 N–H and O–H groups in total. The molecule has 5 heteroatoms. The molecule has 1 saturated carbocycles. The molecule has 1 amide bonds. The van der Waals surface area contributed by atoms with Crippen molar-refractivity contribution in [2.75, 3.05) is 0 Å². The summed E-state index contributed by atoms with van der Waals surface area (Å²) in [7, 11) is 0. The van der Waals surface area contributed by atoms with E-state index in [0.717, 1.165) is 23.5 Å². The average molecular weight is 279 g/mol. The Kier molecular flexibility index (Phi) is 4.16. The number of carboxylic acid groups (broad SMARTS) is 1. The third-order valence-corrected chi connectivity index (χ3v) is 4.07. The lowest BCUT2D eigenvalue weighted by atomic mass is 9.94. The van der Waals surface area contributed by atoms with Crippen LogP contribution in [0.5, 0.6) is 0 Å². The molecule has 0 aromatic carbocycles. The molecule has 0 spiro atoms. The van der Waals surface area contributed by atoms with Crippen LogP contribution in [0.3, 0.4) is 0 Å². The van der Waals surface area contributed by atoms with Crippen LogP contribution in [0.15, 0.2) is 10.5 Å². The van der Waals surface area contributed by atoms with E-state index < -0.39 is 17.8 Å². The molecule has 20 heavy (non-hydrogen) atoms. The van der Waals surface area contributed by atoms with Gasteiger partial charge in [-0.25, -0.2) is 0 Å². The first-order valence-electron chi connectivity index (χ1n) is 7.00. The molecule has 1 aromatic heterocycles. The minimum absolute atomic E-state index is 0.166. The van der Waals surface area contributed by atoms with Gasteiger partial charge in [0.25, 0.3) is 0 Å². The molecule has 0 radical (unpaired) electrons. The fourth-order valence-corrected chi connectivity index (χ4v) is 3.05. The Morgan fingerprint density at radius 3 is 2.55 bits per heavy atom. The quantitative estimate of drug-likeness (QED) is 0.887. The van der Waals surface area contributed by atoms with E-state index in [1.54, 1.807) is 0 Å². The first-order chi connectivity index (χ1) is 9.40. The first-order valence-corrected chi connectivity index (χ1v) is 7.00. The van der Waals surface area contributed by atoms with Crippen molar-refractivity contribution < 1.29 is 19.1 Å². The van der Waals surface area contributed by atoms with Crippen molar-refractivity contribution >= 4 is 11.9 Å². The van der Waals surface area contributed by atoms with E-state index >= 15 is 0 Å². The van der Waals surface area contributed by atoms with Crippen LogP contribution in [0.2, 0.25) is 0 Å². The zero-order valence-electron chi connectivity index (χ0n) is 12.1. The number of amides is 1. The topological polar surface area (TPSA) is 79.5 Å². The highest BCUT2D eigenvalue weighted by Crippen LogP contribution is 2.33. The van der Waals surface area contributed by atoms with Crippen molar-refractivity contribution in [1.82, 2.24) is 5.32 Å². The lowest BCUT2D eigenvalue weighted by Gasteiger charge is -2.19. The fraction of sp³-hybridized carbons (Fsp3) is 0.600. The van der Waals surface area contributed by atoms with Gasteiger partial charge in [-0.3, -0.25) is 9.59 Å². The van der Waals surface area contributed by atoms with Gasteiger partial charge in [0.15, 0.2) is 0 Å². The van der Waals surface area contributed by atoms with E-state index in [-0.39, 0.29) is 11.9 Å². The molecular weight excluding hydrogens is 258 g/mol. The Labute approximate surface area is 118 Å². The highest BCUT2D eigenvalue weighted by molar-refractivity contribution is 5.85. The summed E-state index contributed by atoms with van der Waals surface area (Å²) in [6.07, 6.45) is 2.04. The zero-order valence-corrected chi connectivity index (χ0v) is 12.1. The summed E-state index contributed by atoms with van der Waals surface area (Å²) in [4.78, 5) is 23.4. The van der Waals surface area contributed by atoms with Gasteiger partial charge >= 0.3 is 5.97 Å². The molecule has 1 heterocycles. The molecule has 3 atom stereocenters. The Balaban J connectivity index is 2.04. The van der Waals surface area contributed by atoms with Crippen molar-refractivity contribution in [3.8, 4) is 0 Å². The lowest BCUT2D eigenvalue weighted by molar-refractivity contribution is -0.146. The first kappa shape index (κ1) is 14.6. The summed E-state index contributed by atoms with van der Waals surface area (Å²) < 4.78 is 5.46. The SMILES string of the molecule is Cc1cc(C(C)NC(=O)C2CCCC2C(=O)O)c(C)o1. The maximum Gasteiger partial charge on any atom is 0.307 e. The summed E-state index contributed by atoms with van der Waals surface area (Å²) in [5.41, 5.74) is 0.945. The molecule has 1 aromatic rings. The summed E-state index contributed by atoms with van der Waals surface area (Å²) in [5, 5.41) is 12.1. The summed E-state index contributed by atoms with van der Waals surface area (Å²) in [5.74, 6) is -0.400. The number of carbonyl (C=O) groups excluding carboxylic acids is 1. The van der Waals surface area contributed by atoms with Gasteiger partial charge in [-0.05, 0) is 39.7 Å². The zero-order chi connectivity index (χ0) is 14.9. The van der Waals surface area contributed by atoms with Gasteiger partial charge in [0.05, 0.1) is 17.9 Å². The Bertz CT molecular complexity index is 520. The van der Waals surface area contributed by atoms with E-state index in [0.29, 0.717) is 12.8 Å². The number of furan rings is 1. The average Bonchev–Trinajstić information content (AvgIpc) is 2.95. The maximum atomic E-state index is 12.3. The molecule has 1 fully saturated rings. The fourth-order valence-electron chi connectivity index (χ4n) is 3.05. The number of nitrogens with one attached hydrogen (secondary N) is 1. The largest absolute Gasteiger partial charge is 0.481 e. The molecule has 3 unspecified atom stereocenters. The van der Waals surface area contributed by atoms with Gasteiger partial charge in [0, 0.05) is 5.56 Å². The standard InChI is InChI=1S/C15H21NO4/c1-8-7-13(10(3)20-8)9(2)16-14(17)11-5-4-6-12(11)15(18)19/h7,9,11-12H,4-6H2,1-3H3,(H,16,17)(H,18,19). The van der Waals surface area contributed by atoms with Crippen LogP contribution in [-0.4, -0.2) is 17.0 Å². The Morgan fingerprint density at radius 2 is 2.00 bits per heavy atom. The van der Waals surface area contributed by atoms with Gasteiger partial charge in [-0.15, -0.1) is 0 Å². The smallest absolute Gasteiger partial charge is 0.307 e. The molecule has 5 nitrogen and oxygen atoms in total. The maximum absolute atomic E-state index is 12.3. The van der Waals surface area contributed by atoms with Crippen LogP contribution in [-0.2, 0) is 9.59 Å². The second kappa shape index (κ2) is 5.69. The molecule has 1 aliphatic carbocycles. The number of aryl methyl sites for hydroxylation is 2. The second-order valence-electron chi connectivity index (χ2n) is 5.58. The van der Waals surface area contributed by atoms with E-state index in [2.05, 4.69) is 5.32 Å². The summed E-state index contributed by atoms with van der Waals surface area (Å²) in [6.45, 7) is 5.61. The number of hydrogen-bond acceptors (Lipinski definition) is 3. The Morgan fingerprint density at radius 1 is 1.35 bits per heavy atom. The van der Waals surface area contributed by atoms with Gasteiger partial charge in [0.1, 0.15) is 11.5 Å². The van der Waals surface area contributed by atoms with E-state index in [9.17, 15) is 9.59 Å². The molecule has 0 saturated heterocycles. The number of rotatable bonds is 4. The van der Waals surface area contributed by atoms with Gasteiger partial charge in [-0.2, -0.15) is 0 Å². The third-order valence-electron chi connectivity index (χ3n) is 4.07. The van der Waals surface area contributed by atoms with Crippen molar-refractivity contribution in [2.24, 2.45) is 11.8 Å². The number of aliphatic carboxylic acids is 1. The van der Waals surface area contributed by atoms with Crippen LogP contribution in [0.1, 0.15) is 49.3 Å². The number of hydrogen-bond donors (Lipinski definition) is 2. The molecule has 1 aliphatic rings. The van der Waals surface area contributed by atoms with Crippen molar-refractivity contribution in [3.05, 3.63) is 23.2 Å². The van der Waals surface area contributed by atoms with Crippen molar-refractivity contribution in [1.29, 1.82) is 0 Å². The van der Waals surface area contributed by atoms with E-state index in [4.69, 9.17) is 9.52 Å². The molecular formula is C15H21NO4. The lowest BCUT2D eigenvalue weighted by Crippen LogP contribution is -2.36. The Hall–Kier alpha value is -1.78. The van der Waals surface area contributed by atoms with Crippen molar-refractivity contribution in [3.63, 3.8) is 0 Å². The van der Waals surface area contributed by atoms with Gasteiger partial charge in [0.2, 0.25) is 5.91 Å². The third kappa shape index (κ3) is 2.86. The highest BCUT2D eigenvalue weighted by Gasteiger charge is 2.38. The van der Waals surface area contributed by atoms with Crippen LogP contribution < -0.4 is 5.32 Å². The second-order valence-corrected chi connectivity index (χ2v) is 5.58. The molecule has 0 aliphatic heterocycles. The van der Waals surface area contributed by atoms with Crippen LogP contribution >= 0.6 is 0 Å². The molecule has 0 bridgehead atoms. The molecule has 110 valence electrons. The monoisotopic (exact) mass is 279 g/mol. The van der Waals surface area contributed by atoms with Crippen LogP contribution in [0, 0.1) is 25.7 Å². The molecule has 2 rings (SSSR count). The summed E-state index contributed by atoms with van der Waals surface area (Å²) in [6, 6.07) is 1.74. The van der Waals surface area contributed by atoms with Crippen LogP contribution in [0.4, 0.5) is 0 Å². The van der Waals surface area contributed by atoms with Crippen LogP contribution in [0.25, 0.3) is 0 Å². The summed E-state index contributed by atoms with van der Waals surface area (Å²) >= 11 is 0. The normalized spacial score (nSPS) is 23.6. The van der Waals surface area contributed by atoms with E-state index in [1.165, 1.54) is 0 Å². The minimum atomic E-state index is -0.870. The number of carboxylic acids is 1. The van der Waals surface area contributed by atoms with E-state index in [1.807, 2.05) is 26.8 Å². The van der Waals surface area contributed by atoms with Gasteiger partial charge in [-0.1, -0.05) is 6.42 Å². The minimum Gasteiger partial charge on any atom is -0.481 e. The predicted molar refractivity (Wildman–Crippen MR) is 73.2 cm³/mol. The number of carbonyl (C=O) groups is 2.